The number of carbonyl (C=O) groups excluding carboxylic acids is 1. The van der Waals surface area contributed by atoms with Crippen LogP contribution in [0.4, 0.5) is 5.69 Å². The summed E-state index contributed by atoms with van der Waals surface area (Å²) < 4.78 is 28.8. The molecule has 1 amide bonds. The van der Waals surface area contributed by atoms with E-state index in [0.29, 0.717) is 16.5 Å². The van der Waals surface area contributed by atoms with E-state index >= 15 is 0 Å². The first-order valence-corrected chi connectivity index (χ1v) is 10.1. The Morgan fingerprint density at radius 1 is 1.15 bits per heavy atom. The molecular weight excluding hydrogens is 374 g/mol. The molecule has 0 aliphatic carbocycles. The highest BCUT2D eigenvalue weighted by atomic mass is 35.5. The summed E-state index contributed by atoms with van der Waals surface area (Å²) in [5.74, 6) is 0.397. The predicted molar refractivity (Wildman–Crippen MR) is 102 cm³/mol. The molecule has 0 fully saturated rings. The molecule has 0 saturated heterocycles. The number of carbonyl (C=O) groups is 1. The van der Waals surface area contributed by atoms with Crippen LogP contribution in [-0.4, -0.2) is 33.2 Å². The lowest BCUT2D eigenvalue weighted by Crippen LogP contribution is -2.42. The van der Waals surface area contributed by atoms with E-state index in [0.717, 1.165) is 5.56 Å². The Balaban J connectivity index is 1.88. The summed E-state index contributed by atoms with van der Waals surface area (Å²) >= 11 is 5.93. The highest BCUT2D eigenvalue weighted by molar-refractivity contribution is 7.94. The van der Waals surface area contributed by atoms with Gasteiger partial charge >= 0.3 is 0 Å². The van der Waals surface area contributed by atoms with E-state index in [1.54, 1.807) is 49.6 Å². The minimum Gasteiger partial charge on any atom is -0.497 e. The first-order chi connectivity index (χ1) is 12.4. The van der Waals surface area contributed by atoms with Crippen LogP contribution >= 0.6 is 11.6 Å². The van der Waals surface area contributed by atoms with E-state index in [1.807, 2.05) is 12.1 Å². The average Bonchev–Trinajstić information content (AvgIpc) is 2.97. The third-order valence-electron chi connectivity index (χ3n) is 4.13. The summed E-state index contributed by atoms with van der Waals surface area (Å²) in [6.07, 6.45) is 1.70. The number of sulfone groups is 1. The number of hydrogen-bond acceptors (Lipinski definition) is 4. The molecule has 0 N–H and O–H groups in total. The number of benzene rings is 2. The minimum absolute atomic E-state index is 0.121. The lowest BCUT2D eigenvalue weighted by molar-refractivity contribution is -0.118. The molecule has 1 aliphatic rings. The highest BCUT2D eigenvalue weighted by Crippen LogP contribution is 2.25. The molecule has 2 aromatic carbocycles. The third-order valence-corrected chi connectivity index (χ3v) is 5.76. The van der Waals surface area contributed by atoms with Crippen LogP contribution in [0.5, 0.6) is 5.75 Å². The Morgan fingerprint density at radius 3 is 2.35 bits per heavy atom. The zero-order valence-electron chi connectivity index (χ0n) is 14.1. The summed E-state index contributed by atoms with van der Waals surface area (Å²) in [4.78, 5) is 14.5. The number of hydrogen-bond donors (Lipinski definition) is 0. The van der Waals surface area contributed by atoms with Crippen molar-refractivity contribution in [3.8, 4) is 5.75 Å². The molecule has 1 unspecified atom stereocenters. The average molecular weight is 392 g/mol. The van der Waals surface area contributed by atoms with Crippen LogP contribution in [0.15, 0.2) is 60.0 Å². The highest BCUT2D eigenvalue weighted by Gasteiger charge is 2.31. The number of rotatable bonds is 5. The molecule has 7 heteroatoms. The summed E-state index contributed by atoms with van der Waals surface area (Å²) in [7, 11) is -1.71. The standard InChI is InChI=1S/C19H18ClNO4S/c1-25-18-8-2-14(3-9-18)12-19(22)21(16-6-4-15(20)5-7-16)17-10-11-26(23,24)13-17/h2-11,17H,12-13H2,1H3. The predicted octanol–water partition coefficient (Wildman–Crippen LogP) is 3.24. The molecule has 1 aliphatic heterocycles. The van der Waals surface area contributed by atoms with Crippen molar-refractivity contribution in [3.05, 3.63) is 70.6 Å². The number of ether oxygens (including phenoxy) is 1. The van der Waals surface area contributed by atoms with E-state index in [-0.39, 0.29) is 18.1 Å². The summed E-state index contributed by atoms with van der Waals surface area (Å²) in [6.45, 7) is 0. The van der Waals surface area contributed by atoms with Gasteiger partial charge in [0.2, 0.25) is 5.91 Å². The number of methoxy groups -OCH3 is 1. The second kappa shape index (κ2) is 7.51. The van der Waals surface area contributed by atoms with Crippen LogP contribution in [0.25, 0.3) is 0 Å². The molecule has 0 spiro atoms. The summed E-state index contributed by atoms with van der Waals surface area (Å²) in [5, 5.41) is 1.72. The van der Waals surface area contributed by atoms with Crippen LogP contribution in [0.2, 0.25) is 5.02 Å². The van der Waals surface area contributed by atoms with E-state index in [4.69, 9.17) is 16.3 Å². The Bertz CT molecular complexity index is 921. The van der Waals surface area contributed by atoms with Crippen LogP contribution in [0.1, 0.15) is 5.56 Å². The van der Waals surface area contributed by atoms with Gasteiger partial charge in [0.05, 0.1) is 25.3 Å². The summed E-state index contributed by atoms with van der Waals surface area (Å²) in [5.41, 5.74) is 1.43. The number of halogens is 1. The van der Waals surface area contributed by atoms with Crippen molar-refractivity contribution in [3.63, 3.8) is 0 Å². The molecule has 0 radical (unpaired) electrons. The SMILES string of the molecule is COc1ccc(CC(=O)N(c2ccc(Cl)cc2)C2C=CS(=O)(=O)C2)cc1. The number of amides is 1. The first kappa shape index (κ1) is 18.5. The van der Waals surface area contributed by atoms with Crippen LogP contribution < -0.4 is 9.64 Å². The van der Waals surface area contributed by atoms with E-state index in [2.05, 4.69) is 0 Å². The fraction of sp³-hybridized carbons (Fsp3) is 0.211. The van der Waals surface area contributed by atoms with Gasteiger partial charge in [0.25, 0.3) is 0 Å². The maximum Gasteiger partial charge on any atom is 0.231 e. The van der Waals surface area contributed by atoms with Crippen molar-refractivity contribution in [2.75, 3.05) is 17.8 Å². The second-order valence-electron chi connectivity index (χ2n) is 5.99. The lowest BCUT2D eigenvalue weighted by atomic mass is 10.1. The zero-order chi connectivity index (χ0) is 18.7. The van der Waals surface area contributed by atoms with E-state index in [9.17, 15) is 13.2 Å². The van der Waals surface area contributed by atoms with Crippen LogP contribution in [0, 0.1) is 0 Å². The van der Waals surface area contributed by atoms with Gasteiger partial charge in [-0.1, -0.05) is 23.7 Å². The van der Waals surface area contributed by atoms with Gasteiger partial charge in [-0.2, -0.15) is 0 Å². The fourth-order valence-corrected chi connectivity index (χ4v) is 4.24. The van der Waals surface area contributed by atoms with Crippen LogP contribution in [-0.2, 0) is 21.1 Å². The largest absolute Gasteiger partial charge is 0.497 e. The van der Waals surface area contributed by atoms with Gasteiger partial charge in [0, 0.05) is 16.1 Å². The van der Waals surface area contributed by atoms with Gasteiger partial charge in [-0.15, -0.1) is 0 Å². The monoisotopic (exact) mass is 391 g/mol. The Kier molecular flexibility index (Phi) is 5.34. The second-order valence-corrected chi connectivity index (χ2v) is 8.36. The van der Waals surface area contributed by atoms with Gasteiger partial charge in [-0.3, -0.25) is 4.79 Å². The van der Waals surface area contributed by atoms with Crippen molar-refractivity contribution in [2.24, 2.45) is 0 Å². The fourth-order valence-electron chi connectivity index (χ4n) is 2.85. The molecular formula is C19H18ClNO4S. The van der Waals surface area contributed by atoms with Gasteiger partial charge in [-0.25, -0.2) is 8.42 Å². The molecule has 0 saturated carbocycles. The Hall–Kier alpha value is -2.31. The normalized spacial score (nSPS) is 17.8. The molecule has 0 aromatic heterocycles. The smallest absolute Gasteiger partial charge is 0.231 e. The topological polar surface area (TPSA) is 63.7 Å². The van der Waals surface area contributed by atoms with E-state index in [1.165, 1.54) is 10.3 Å². The number of anilines is 1. The zero-order valence-corrected chi connectivity index (χ0v) is 15.7. The molecule has 136 valence electrons. The van der Waals surface area contributed by atoms with Gasteiger partial charge in [-0.05, 0) is 48.0 Å². The molecule has 0 bridgehead atoms. The van der Waals surface area contributed by atoms with Crippen molar-refractivity contribution < 1.29 is 17.9 Å². The van der Waals surface area contributed by atoms with Gasteiger partial charge < -0.3 is 9.64 Å². The quantitative estimate of drug-likeness (QED) is 0.784. The molecule has 3 rings (SSSR count). The first-order valence-electron chi connectivity index (χ1n) is 7.99. The Labute approximate surface area is 157 Å². The number of nitrogens with zero attached hydrogens (tertiary/aromatic N) is 1. The van der Waals surface area contributed by atoms with Crippen molar-refractivity contribution in [1.29, 1.82) is 0 Å². The molecule has 1 atom stereocenters. The third kappa shape index (κ3) is 4.26. The van der Waals surface area contributed by atoms with Crippen molar-refractivity contribution >= 4 is 33.0 Å². The van der Waals surface area contributed by atoms with Gasteiger partial charge in [0.15, 0.2) is 9.84 Å². The maximum atomic E-state index is 13.0. The summed E-state index contributed by atoms with van der Waals surface area (Å²) in [6, 6.07) is 13.5. The van der Waals surface area contributed by atoms with Gasteiger partial charge in [0.1, 0.15) is 5.75 Å². The minimum atomic E-state index is -3.29. The molecule has 2 aromatic rings. The molecule has 26 heavy (non-hydrogen) atoms. The van der Waals surface area contributed by atoms with E-state index < -0.39 is 15.9 Å². The molecule has 5 nitrogen and oxygen atoms in total. The van der Waals surface area contributed by atoms with Crippen molar-refractivity contribution in [1.82, 2.24) is 0 Å². The maximum absolute atomic E-state index is 13.0. The van der Waals surface area contributed by atoms with Crippen molar-refractivity contribution in [2.45, 2.75) is 12.5 Å². The molecule has 1 heterocycles. The lowest BCUT2D eigenvalue weighted by Gasteiger charge is -2.28. The Morgan fingerprint density at radius 2 is 1.81 bits per heavy atom. The van der Waals surface area contributed by atoms with Crippen LogP contribution in [0.3, 0.4) is 0 Å².